The predicted molar refractivity (Wildman–Crippen MR) is 80.3 cm³/mol. The molecule has 2 bridgehead atoms. The minimum Gasteiger partial charge on any atom is -0.469 e. The zero-order chi connectivity index (χ0) is 15.7. The predicted octanol–water partition coefficient (Wildman–Crippen LogP) is 1.87. The summed E-state index contributed by atoms with van der Waals surface area (Å²) in [5.74, 6) is -1.06. The lowest BCUT2D eigenvalue weighted by molar-refractivity contribution is -0.156. The largest absolute Gasteiger partial charge is 0.469 e. The van der Waals surface area contributed by atoms with Crippen LogP contribution in [-0.2, 0) is 14.3 Å². The van der Waals surface area contributed by atoms with Gasteiger partial charge in [-0.2, -0.15) is 0 Å². The van der Waals surface area contributed by atoms with Gasteiger partial charge in [0.15, 0.2) is 0 Å². The molecular weight excluding hydrogens is 281 g/mol. The van der Waals surface area contributed by atoms with Crippen LogP contribution >= 0.6 is 0 Å². The average Bonchev–Trinajstić information content (AvgIpc) is 2.78. The standard InChI is InChI=1S/C17H21NO4/c1-18-12-8-9-13(18)15(17(20)21-2)14(10-12)22-16(19)11-6-4-3-5-7-11/h3-7,12-15H,8-10H2,1-2H3/i1-1. The van der Waals surface area contributed by atoms with E-state index >= 15 is 0 Å². The maximum atomic E-state index is 12.3. The van der Waals surface area contributed by atoms with Gasteiger partial charge in [0.25, 0.3) is 0 Å². The first-order valence-electron chi connectivity index (χ1n) is 7.67. The fraction of sp³-hybridized carbons (Fsp3) is 0.529. The van der Waals surface area contributed by atoms with Gasteiger partial charge in [0.2, 0.25) is 0 Å². The highest BCUT2D eigenvalue weighted by molar-refractivity contribution is 5.89. The van der Waals surface area contributed by atoms with Crippen molar-refractivity contribution in [3.63, 3.8) is 0 Å². The van der Waals surface area contributed by atoms with E-state index in [1.165, 1.54) is 7.11 Å². The van der Waals surface area contributed by atoms with Gasteiger partial charge in [-0.3, -0.25) is 9.69 Å². The van der Waals surface area contributed by atoms with Gasteiger partial charge in [0.1, 0.15) is 12.0 Å². The first kappa shape index (κ1) is 15.0. The van der Waals surface area contributed by atoms with Gasteiger partial charge >= 0.3 is 11.9 Å². The molecular formula is C17H21NO4. The first-order valence-corrected chi connectivity index (χ1v) is 7.67. The van der Waals surface area contributed by atoms with Crippen LogP contribution in [0.4, 0.5) is 0 Å². The number of benzene rings is 1. The number of carbonyl (C=O) groups excluding carboxylic acids is 2. The lowest BCUT2D eigenvalue weighted by Crippen LogP contribution is -2.53. The van der Waals surface area contributed by atoms with E-state index in [1.54, 1.807) is 24.3 Å². The maximum absolute atomic E-state index is 12.3. The van der Waals surface area contributed by atoms with Gasteiger partial charge in [0.05, 0.1) is 12.7 Å². The lowest BCUT2D eigenvalue weighted by Gasteiger charge is -2.40. The molecule has 2 aliphatic rings. The number of hydrogen-bond acceptors (Lipinski definition) is 5. The van der Waals surface area contributed by atoms with Gasteiger partial charge < -0.3 is 9.47 Å². The van der Waals surface area contributed by atoms with Crippen LogP contribution < -0.4 is 0 Å². The van der Waals surface area contributed by atoms with Gasteiger partial charge in [-0.15, -0.1) is 0 Å². The average molecular weight is 302 g/mol. The second-order valence-corrected chi connectivity index (χ2v) is 6.06. The quantitative estimate of drug-likeness (QED) is 0.798. The second-order valence-electron chi connectivity index (χ2n) is 6.06. The number of hydrogen-bond donors (Lipinski definition) is 0. The van der Waals surface area contributed by atoms with Crippen LogP contribution in [-0.4, -0.2) is 49.2 Å². The summed E-state index contributed by atoms with van der Waals surface area (Å²) in [4.78, 5) is 26.7. The topological polar surface area (TPSA) is 55.8 Å². The van der Waals surface area contributed by atoms with Crippen LogP contribution in [0, 0.1) is 5.92 Å². The normalized spacial score (nSPS) is 30.8. The SMILES string of the molecule is COC(=O)C1C(OC(=O)c2ccccc2)CC2CCC1N2[11CH3]. The van der Waals surface area contributed by atoms with Crippen LogP contribution in [0.25, 0.3) is 0 Å². The molecule has 3 rings (SSSR count). The van der Waals surface area contributed by atoms with Crippen molar-refractivity contribution in [1.82, 2.24) is 4.90 Å². The van der Waals surface area contributed by atoms with Gasteiger partial charge in [-0.25, -0.2) is 4.79 Å². The van der Waals surface area contributed by atoms with E-state index < -0.39 is 12.0 Å². The molecule has 0 radical (unpaired) electrons. The first-order chi connectivity index (χ1) is 10.6. The molecule has 2 aliphatic heterocycles. The monoisotopic (exact) mass is 302 g/mol. The molecule has 22 heavy (non-hydrogen) atoms. The third-order valence-electron chi connectivity index (χ3n) is 4.96. The molecule has 118 valence electrons. The molecule has 0 saturated carbocycles. The Morgan fingerprint density at radius 2 is 1.91 bits per heavy atom. The van der Waals surface area contributed by atoms with E-state index in [1.807, 2.05) is 13.1 Å². The number of ether oxygens (including phenoxy) is 2. The zero-order valence-electron chi connectivity index (χ0n) is 12.9. The summed E-state index contributed by atoms with van der Waals surface area (Å²) in [5.41, 5.74) is 0.511. The molecule has 2 saturated heterocycles. The van der Waals surface area contributed by atoms with E-state index in [0.717, 1.165) is 12.8 Å². The molecule has 4 atom stereocenters. The Morgan fingerprint density at radius 1 is 1.18 bits per heavy atom. The molecule has 4 unspecified atom stereocenters. The Balaban J connectivity index is 1.79. The van der Waals surface area contributed by atoms with Crippen molar-refractivity contribution in [2.75, 3.05) is 14.2 Å². The fourth-order valence-electron chi connectivity index (χ4n) is 3.77. The van der Waals surface area contributed by atoms with Crippen molar-refractivity contribution in [2.24, 2.45) is 5.92 Å². The number of carbonyl (C=O) groups is 2. The Morgan fingerprint density at radius 3 is 2.59 bits per heavy atom. The number of rotatable bonds is 3. The van der Waals surface area contributed by atoms with Crippen molar-refractivity contribution in [3.8, 4) is 0 Å². The molecule has 5 heteroatoms. The summed E-state index contributed by atoms with van der Waals surface area (Å²) >= 11 is 0. The fourth-order valence-corrected chi connectivity index (χ4v) is 3.77. The zero-order valence-corrected chi connectivity index (χ0v) is 12.9. The minimum absolute atomic E-state index is 0.0970. The van der Waals surface area contributed by atoms with Crippen molar-refractivity contribution >= 4 is 11.9 Å². The highest BCUT2D eigenvalue weighted by Gasteiger charge is 2.50. The van der Waals surface area contributed by atoms with E-state index in [2.05, 4.69) is 4.90 Å². The molecule has 5 nitrogen and oxygen atoms in total. The summed E-state index contributed by atoms with van der Waals surface area (Å²) in [5, 5.41) is 0. The van der Waals surface area contributed by atoms with E-state index in [9.17, 15) is 9.59 Å². The third-order valence-corrected chi connectivity index (χ3v) is 4.96. The maximum Gasteiger partial charge on any atom is 0.338 e. The van der Waals surface area contributed by atoms with E-state index in [-0.39, 0.29) is 18.0 Å². The van der Waals surface area contributed by atoms with Gasteiger partial charge in [0, 0.05) is 18.5 Å². The second kappa shape index (κ2) is 6.08. The third kappa shape index (κ3) is 2.61. The molecule has 2 fully saturated rings. The van der Waals surface area contributed by atoms with Crippen LogP contribution in [0.3, 0.4) is 0 Å². The number of piperidine rings is 1. The van der Waals surface area contributed by atoms with Crippen LogP contribution in [0.15, 0.2) is 30.3 Å². The number of esters is 2. The smallest absolute Gasteiger partial charge is 0.338 e. The van der Waals surface area contributed by atoms with Crippen molar-refractivity contribution in [1.29, 1.82) is 0 Å². The highest BCUT2D eigenvalue weighted by Crippen LogP contribution is 2.40. The van der Waals surface area contributed by atoms with E-state index in [0.29, 0.717) is 18.0 Å². The Hall–Kier alpha value is -1.88. The van der Waals surface area contributed by atoms with Crippen molar-refractivity contribution in [3.05, 3.63) is 35.9 Å². The van der Waals surface area contributed by atoms with Gasteiger partial charge in [-0.1, -0.05) is 18.2 Å². The van der Waals surface area contributed by atoms with E-state index in [4.69, 9.17) is 9.47 Å². The summed E-state index contributed by atoms with van der Waals surface area (Å²) < 4.78 is 10.6. The molecule has 1 aromatic carbocycles. The molecule has 0 spiro atoms. The summed E-state index contributed by atoms with van der Waals surface area (Å²) in [6.45, 7) is 0. The molecule has 2 heterocycles. The molecule has 0 amide bonds. The number of methoxy groups -OCH3 is 1. The lowest BCUT2D eigenvalue weighted by atomic mass is 9.86. The Bertz CT molecular complexity index is 559. The van der Waals surface area contributed by atoms with Crippen molar-refractivity contribution in [2.45, 2.75) is 37.5 Å². The molecule has 0 N–H and O–H groups in total. The number of fused-ring (bicyclic) bond motifs is 2. The molecule has 1 aromatic rings. The highest BCUT2D eigenvalue weighted by atomic mass is 16.6. The van der Waals surface area contributed by atoms with Crippen LogP contribution in [0.5, 0.6) is 0 Å². The Labute approximate surface area is 130 Å². The molecule has 0 aliphatic carbocycles. The number of nitrogens with zero attached hydrogens (tertiary/aromatic N) is 1. The van der Waals surface area contributed by atoms with Crippen LogP contribution in [0.2, 0.25) is 0 Å². The summed E-state index contributed by atoms with van der Waals surface area (Å²) in [6.07, 6.45) is 2.26. The minimum atomic E-state index is -0.408. The molecule has 0 aromatic heterocycles. The summed E-state index contributed by atoms with van der Waals surface area (Å²) in [7, 11) is 3.42. The van der Waals surface area contributed by atoms with Crippen LogP contribution in [0.1, 0.15) is 29.6 Å². The summed E-state index contributed by atoms with van der Waals surface area (Å²) in [6, 6.07) is 9.36. The Kier molecular flexibility index (Phi) is 4.16. The van der Waals surface area contributed by atoms with Gasteiger partial charge in [-0.05, 0) is 32.0 Å². The van der Waals surface area contributed by atoms with Crippen molar-refractivity contribution < 1.29 is 19.1 Å².